The number of para-hydroxylation sites is 1. The molecule has 1 aromatic carbocycles. The van der Waals surface area contributed by atoms with Crippen LogP contribution < -0.4 is 10.1 Å². The Morgan fingerprint density at radius 1 is 1.24 bits per heavy atom. The number of carbonyl (C=O) groups is 1. The second-order valence-electron chi connectivity index (χ2n) is 6.86. The van der Waals surface area contributed by atoms with Gasteiger partial charge in [-0.2, -0.15) is 0 Å². The van der Waals surface area contributed by atoms with E-state index in [1.807, 2.05) is 24.3 Å². The summed E-state index contributed by atoms with van der Waals surface area (Å²) in [4.78, 5) is 12.7. The van der Waals surface area contributed by atoms with Gasteiger partial charge in [-0.15, -0.1) is 10.2 Å². The normalized spacial score (nSPS) is 19.8. The molecule has 2 aliphatic rings. The van der Waals surface area contributed by atoms with Crippen LogP contribution in [0.2, 0.25) is 0 Å². The number of rotatable bonds is 3. The fraction of sp³-hybridized carbons (Fsp3) is 0.526. The summed E-state index contributed by atoms with van der Waals surface area (Å²) in [5.74, 6) is 2.84. The SMILES string of the molecule is O=C(NCc1nnc2n1CCCCC2)[C@H]1CCOc2ccccc2C1. The van der Waals surface area contributed by atoms with Crippen LogP contribution in [0.15, 0.2) is 24.3 Å². The first-order chi connectivity index (χ1) is 12.3. The monoisotopic (exact) mass is 340 g/mol. The number of nitrogens with zero attached hydrogens (tertiary/aromatic N) is 3. The molecule has 0 saturated carbocycles. The highest BCUT2D eigenvalue weighted by atomic mass is 16.5. The van der Waals surface area contributed by atoms with E-state index in [-0.39, 0.29) is 11.8 Å². The van der Waals surface area contributed by atoms with Gasteiger partial charge in [-0.05, 0) is 37.3 Å². The van der Waals surface area contributed by atoms with Gasteiger partial charge in [0.15, 0.2) is 5.82 Å². The molecule has 0 bridgehead atoms. The summed E-state index contributed by atoms with van der Waals surface area (Å²) in [6, 6.07) is 7.98. The molecule has 4 rings (SSSR count). The number of ether oxygens (including phenoxy) is 1. The van der Waals surface area contributed by atoms with Crippen LogP contribution in [0.3, 0.4) is 0 Å². The van der Waals surface area contributed by atoms with E-state index in [2.05, 4.69) is 20.1 Å². The summed E-state index contributed by atoms with van der Waals surface area (Å²) in [6.45, 7) is 1.98. The van der Waals surface area contributed by atoms with Gasteiger partial charge in [0.05, 0.1) is 13.2 Å². The fourth-order valence-corrected chi connectivity index (χ4v) is 3.70. The quantitative estimate of drug-likeness (QED) is 0.930. The van der Waals surface area contributed by atoms with Crippen molar-refractivity contribution in [2.24, 2.45) is 5.92 Å². The van der Waals surface area contributed by atoms with E-state index in [0.29, 0.717) is 13.2 Å². The number of aryl methyl sites for hydroxylation is 1. The second-order valence-corrected chi connectivity index (χ2v) is 6.86. The highest BCUT2D eigenvalue weighted by Gasteiger charge is 2.24. The summed E-state index contributed by atoms with van der Waals surface area (Å²) < 4.78 is 7.94. The molecule has 0 fully saturated rings. The predicted molar refractivity (Wildman–Crippen MR) is 93.2 cm³/mol. The molecule has 2 aromatic rings. The molecule has 1 amide bonds. The molecule has 6 nitrogen and oxygen atoms in total. The lowest BCUT2D eigenvalue weighted by atomic mass is 9.96. The molecule has 2 aliphatic heterocycles. The smallest absolute Gasteiger partial charge is 0.223 e. The zero-order valence-electron chi connectivity index (χ0n) is 14.4. The van der Waals surface area contributed by atoms with Crippen molar-refractivity contribution in [3.63, 3.8) is 0 Å². The Labute approximate surface area is 147 Å². The molecule has 0 spiro atoms. The molecule has 6 heteroatoms. The molecular formula is C19H24N4O2. The van der Waals surface area contributed by atoms with Crippen LogP contribution in [-0.4, -0.2) is 27.3 Å². The van der Waals surface area contributed by atoms with E-state index >= 15 is 0 Å². The maximum absolute atomic E-state index is 12.7. The van der Waals surface area contributed by atoms with Crippen LogP contribution in [0.5, 0.6) is 5.75 Å². The van der Waals surface area contributed by atoms with Crippen molar-refractivity contribution >= 4 is 5.91 Å². The van der Waals surface area contributed by atoms with E-state index in [1.54, 1.807) is 0 Å². The van der Waals surface area contributed by atoms with E-state index in [1.165, 1.54) is 12.8 Å². The highest BCUT2D eigenvalue weighted by molar-refractivity contribution is 5.79. The summed E-state index contributed by atoms with van der Waals surface area (Å²) in [6.07, 6.45) is 6.00. The standard InChI is InChI=1S/C19H24N4O2/c24-19(15-9-11-25-16-7-4-3-6-14(16)12-15)20-13-18-22-21-17-8-2-1-5-10-23(17)18/h3-4,6-7,15H,1-2,5,8-13H2,(H,20,24)/t15-/m0/s1. The predicted octanol–water partition coefficient (Wildman–Crippen LogP) is 2.26. The fourth-order valence-electron chi connectivity index (χ4n) is 3.70. The third-order valence-electron chi connectivity index (χ3n) is 5.14. The first-order valence-corrected chi connectivity index (χ1v) is 9.20. The van der Waals surface area contributed by atoms with Crippen molar-refractivity contribution in [1.82, 2.24) is 20.1 Å². The Morgan fingerprint density at radius 2 is 2.16 bits per heavy atom. The average Bonchev–Trinajstić information content (AvgIpc) is 2.82. The maximum Gasteiger partial charge on any atom is 0.223 e. The second kappa shape index (κ2) is 7.25. The first-order valence-electron chi connectivity index (χ1n) is 9.20. The molecule has 1 N–H and O–H groups in total. The number of hydrogen-bond donors (Lipinski definition) is 1. The first kappa shape index (κ1) is 16.1. The van der Waals surface area contributed by atoms with Crippen molar-refractivity contribution in [3.05, 3.63) is 41.5 Å². The van der Waals surface area contributed by atoms with Crippen molar-refractivity contribution in [2.75, 3.05) is 6.61 Å². The van der Waals surface area contributed by atoms with Crippen molar-refractivity contribution < 1.29 is 9.53 Å². The third-order valence-corrected chi connectivity index (χ3v) is 5.14. The van der Waals surface area contributed by atoms with Gasteiger partial charge in [0, 0.05) is 18.9 Å². The number of hydrogen-bond acceptors (Lipinski definition) is 4. The van der Waals surface area contributed by atoms with Crippen LogP contribution >= 0.6 is 0 Å². The molecule has 1 aromatic heterocycles. The van der Waals surface area contributed by atoms with Crippen LogP contribution in [0.1, 0.15) is 42.9 Å². The van der Waals surface area contributed by atoms with Gasteiger partial charge in [0.25, 0.3) is 0 Å². The third kappa shape index (κ3) is 3.52. The molecule has 25 heavy (non-hydrogen) atoms. The lowest BCUT2D eigenvalue weighted by Gasteiger charge is -2.14. The summed E-state index contributed by atoms with van der Waals surface area (Å²) in [5, 5.41) is 11.6. The van der Waals surface area contributed by atoms with Gasteiger partial charge >= 0.3 is 0 Å². The lowest BCUT2D eigenvalue weighted by molar-refractivity contribution is -0.125. The van der Waals surface area contributed by atoms with E-state index < -0.39 is 0 Å². The van der Waals surface area contributed by atoms with Crippen LogP contribution in [0.4, 0.5) is 0 Å². The van der Waals surface area contributed by atoms with Gasteiger partial charge in [0.1, 0.15) is 11.6 Å². The number of carbonyl (C=O) groups excluding carboxylic acids is 1. The zero-order chi connectivity index (χ0) is 17.1. The number of amides is 1. The molecule has 3 heterocycles. The number of benzene rings is 1. The van der Waals surface area contributed by atoms with E-state index in [9.17, 15) is 4.79 Å². The van der Waals surface area contributed by atoms with Crippen molar-refractivity contribution in [1.29, 1.82) is 0 Å². The number of aromatic nitrogens is 3. The van der Waals surface area contributed by atoms with Gasteiger partial charge in [-0.1, -0.05) is 24.6 Å². The minimum atomic E-state index is -0.0600. The molecule has 1 atom stereocenters. The Bertz CT molecular complexity index is 756. The molecular weight excluding hydrogens is 316 g/mol. The molecule has 0 saturated heterocycles. The van der Waals surface area contributed by atoms with E-state index in [0.717, 1.165) is 55.2 Å². The van der Waals surface area contributed by atoms with Gasteiger partial charge in [-0.25, -0.2) is 0 Å². The van der Waals surface area contributed by atoms with Crippen molar-refractivity contribution in [2.45, 2.75) is 51.6 Å². The van der Waals surface area contributed by atoms with Crippen LogP contribution in [-0.2, 0) is 30.7 Å². The number of fused-ring (bicyclic) bond motifs is 2. The largest absolute Gasteiger partial charge is 0.493 e. The number of nitrogens with one attached hydrogen (secondary N) is 1. The maximum atomic E-state index is 12.7. The van der Waals surface area contributed by atoms with E-state index in [4.69, 9.17) is 4.74 Å². The van der Waals surface area contributed by atoms with Gasteiger partial charge < -0.3 is 14.6 Å². The summed E-state index contributed by atoms with van der Waals surface area (Å²) >= 11 is 0. The lowest BCUT2D eigenvalue weighted by Crippen LogP contribution is -2.32. The Hall–Kier alpha value is -2.37. The highest BCUT2D eigenvalue weighted by Crippen LogP contribution is 2.26. The molecule has 0 radical (unpaired) electrons. The minimum Gasteiger partial charge on any atom is -0.493 e. The molecule has 0 unspecified atom stereocenters. The summed E-state index contributed by atoms with van der Waals surface area (Å²) in [5.41, 5.74) is 1.11. The Kier molecular flexibility index (Phi) is 4.68. The molecule has 132 valence electrons. The average molecular weight is 340 g/mol. The molecule has 0 aliphatic carbocycles. The Morgan fingerprint density at radius 3 is 3.12 bits per heavy atom. The van der Waals surface area contributed by atoms with Gasteiger partial charge in [-0.3, -0.25) is 4.79 Å². The Balaban J connectivity index is 1.40. The van der Waals surface area contributed by atoms with Crippen molar-refractivity contribution in [3.8, 4) is 5.75 Å². The van der Waals surface area contributed by atoms with Crippen LogP contribution in [0, 0.1) is 5.92 Å². The zero-order valence-corrected chi connectivity index (χ0v) is 14.4. The van der Waals surface area contributed by atoms with Crippen LogP contribution in [0.25, 0.3) is 0 Å². The van der Waals surface area contributed by atoms with Gasteiger partial charge in [0.2, 0.25) is 5.91 Å². The minimum absolute atomic E-state index is 0.0600. The topological polar surface area (TPSA) is 69.0 Å². The summed E-state index contributed by atoms with van der Waals surface area (Å²) in [7, 11) is 0.